The van der Waals surface area contributed by atoms with E-state index in [4.69, 9.17) is 4.74 Å². The number of benzene rings is 1. The summed E-state index contributed by atoms with van der Waals surface area (Å²) in [5, 5.41) is 6.31. The van der Waals surface area contributed by atoms with Crippen LogP contribution in [0.2, 0.25) is 0 Å². The van der Waals surface area contributed by atoms with Crippen molar-refractivity contribution >= 4 is 9.84 Å². The fourth-order valence-electron chi connectivity index (χ4n) is 1.69. The van der Waals surface area contributed by atoms with E-state index < -0.39 is 9.84 Å². The van der Waals surface area contributed by atoms with Gasteiger partial charge >= 0.3 is 0 Å². The van der Waals surface area contributed by atoms with Crippen LogP contribution >= 0.6 is 0 Å². The van der Waals surface area contributed by atoms with Gasteiger partial charge in [-0.25, -0.2) is 13.5 Å². The van der Waals surface area contributed by atoms with Gasteiger partial charge in [-0.3, -0.25) is 0 Å². The predicted molar refractivity (Wildman–Crippen MR) is 79.5 cm³/mol. The number of hydrogen-bond acceptors (Lipinski definition) is 5. The van der Waals surface area contributed by atoms with Crippen LogP contribution in [-0.4, -0.2) is 35.5 Å². The average molecular weight is 309 g/mol. The molecular weight excluding hydrogens is 290 g/mol. The maximum absolute atomic E-state index is 11.5. The maximum Gasteiger partial charge on any atom is 0.243 e. The lowest BCUT2D eigenvalue weighted by Gasteiger charge is -2.20. The second-order valence-corrected chi connectivity index (χ2v) is 7.73. The first kappa shape index (κ1) is 15.7. The molecule has 0 radical (unpaired) electrons. The van der Waals surface area contributed by atoms with Gasteiger partial charge in [0, 0.05) is 11.8 Å². The quantitative estimate of drug-likeness (QED) is 0.935. The Morgan fingerprint density at radius 1 is 1.24 bits per heavy atom. The summed E-state index contributed by atoms with van der Waals surface area (Å²) in [5.41, 5.74) is 1.41. The highest BCUT2D eigenvalue weighted by Crippen LogP contribution is 2.23. The van der Waals surface area contributed by atoms with Gasteiger partial charge < -0.3 is 4.74 Å². The Morgan fingerprint density at radius 2 is 1.90 bits per heavy atom. The summed E-state index contributed by atoms with van der Waals surface area (Å²) in [6.45, 7) is 6.33. The van der Waals surface area contributed by atoms with Gasteiger partial charge in [0.1, 0.15) is 0 Å². The highest BCUT2D eigenvalue weighted by Gasteiger charge is 2.17. The van der Waals surface area contributed by atoms with Gasteiger partial charge in [0.05, 0.1) is 12.2 Å². The van der Waals surface area contributed by atoms with Crippen LogP contribution in [0.5, 0.6) is 0 Å². The molecule has 0 unspecified atom stereocenters. The summed E-state index contributed by atoms with van der Waals surface area (Å²) in [4.78, 5) is 4.05. The van der Waals surface area contributed by atoms with Crippen LogP contribution in [0.1, 0.15) is 26.3 Å². The van der Waals surface area contributed by atoms with Crippen molar-refractivity contribution in [2.24, 2.45) is 0 Å². The SMILES string of the molecule is CC(C)(C)OCc1ccccc1-c1n[nH]c(S(C)(=O)=O)n1. The zero-order valence-electron chi connectivity index (χ0n) is 12.5. The molecule has 2 rings (SSSR count). The van der Waals surface area contributed by atoms with Crippen LogP contribution in [0.3, 0.4) is 0 Å². The smallest absolute Gasteiger partial charge is 0.243 e. The molecule has 0 amide bonds. The number of nitrogens with one attached hydrogen (secondary N) is 1. The highest BCUT2D eigenvalue weighted by molar-refractivity contribution is 7.90. The van der Waals surface area contributed by atoms with Gasteiger partial charge in [-0.2, -0.15) is 10.1 Å². The largest absolute Gasteiger partial charge is 0.371 e. The number of aromatic nitrogens is 3. The van der Waals surface area contributed by atoms with Gasteiger partial charge in [-0.05, 0) is 26.3 Å². The number of H-pyrrole nitrogens is 1. The summed E-state index contributed by atoms with van der Waals surface area (Å²) < 4.78 is 28.7. The van der Waals surface area contributed by atoms with E-state index in [1.165, 1.54) is 0 Å². The third kappa shape index (κ3) is 4.12. The van der Waals surface area contributed by atoms with Crippen molar-refractivity contribution in [3.8, 4) is 11.4 Å². The van der Waals surface area contributed by atoms with E-state index in [0.717, 1.165) is 17.4 Å². The van der Waals surface area contributed by atoms with E-state index in [-0.39, 0.29) is 10.8 Å². The molecule has 0 aliphatic heterocycles. The first-order valence-corrected chi connectivity index (χ1v) is 8.41. The Balaban J connectivity index is 2.34. The van der Waals surface area contributed by atoms with Crippen molar-refractivity contribution in [1.82, 2.24) is 15.2 Å². The topological polar surface area (TPSA) is 84.9 Å². The zero-order chi connectivity index (χ0) is 15.7. The zero-order valence-corrected chi connectivity index (χ0v) is 13.4. The second-order valence-electron chi connectivity index (χ2n) is 5.79. The first-order valence-electron chi connectivity index (χ1n) is 6.51. The molecule has 2 aromatic rings. The summed E-state index contributed by atoms with van der Waals surface area (Å²) >= 11 is 0. The molecule has 7 heteroatoms. The summed E-state index contributed by atoms with van der Waals surface area (Å²) in [5.74, 6) is 0.350. The van der Waals surface area contributed by atoms with E-state index in [9.17, 15) is 8.42 Å². The van der Waals surface area contributed by atoms with E-state index in [1.54, 1.807) is 0 Å². The molecule has 0 aliphatic rings. The molecule has 0 spiro atoms. The fraction of sp³-hybridized carbons (Fsp3) is 0.429. The van der Waals surface area contributed by atoms with Gasteiger partial charge in [0.2, 0.25) is 15.0 Å². The first-order chi connectivity index (χ1) is 9.67. The van der Waals surface area contributed by atoms with Crippen LogP contribution in [0, 0.1) is 0 Å². The van der Waals surface area contributed by atoms with Crippen LogP contribution < -0.4 is 0 Å². The van der Waals surface area contributed by atoms with Crippen LogP contribution in [-0.2, 0) is 21.2 Å². The number of aromatic amines is 1. The van der Waals surface area contributed by atoms with Crippen molar-refractivity contribution < 1.29 is 13.2 Å². The lowest BCUT2D eigenvalue weighted by Crippen LogP contribution is -2.18. The molecule has 1 heterocycles. The normalized spacial score (nSPS) is 12.6. The van der Waals surface area contributed by atoms with Crippen molar-refractivity contribution in [2.75, 3.05) is 6.26 Å². The Labute approximate surface area is 124 Å². The third-order valence-corrected chi connectivity index (χ3v) is 3.62. The standard InChI is InChI=1S/C14H19N3O3S/c1-14(2,3)20-9-10-7-5-6-8-11(10)12-15-13(17-16-12)21(4,18)19/h5-8H,9H2,1-4H3,(H,15,16,17). The number of rotatable bonds is 4. The van der Waals surface area contributed by atoms with E-state index in [2.05, 4.69) is 15.2 Å². The average Bonchev–Trinajstić information content (AvgIpc) is 2.85. The molecule has 0 atom stereocenters. The Hall–Kier alpha value is -1.73. The molecule has 0 aliphatic carbocycles. The number of sulfone groups is 1. The summed E-state index contributed by atoms with van der Waals surface area (Å²) in [7, 11) is -3.40. The number of hydrogen-bond donors (Lipinski definition) is 1. The molecule has 0 saturated heterocycles. The predicted octanol–water partition coefficient (Wildman–Crippen LogP) is 2.19. The van der Waals surface area contributed by atoms with Gasteiger partial charge in [0.15, 0.2) is 5.82 Å². The van der Waals surface area contributed by atoms with Gasteiger partial charge in [-0.15, -0.1) is 0 Å². The molecule has 1 aromatic carbocycles. The molecule has 6 nitrogen and oxygen atoms in total. The van der Waals surface area contributed by atoms with Crippen LogP contribution in [0.4, 0.5) is 0 Å². The van der Waals surface area contributed by atoms with Gasteiger partial charge in [0.25, 0.3) is 0 Å². The Morgan fingerprint density at radius 3 is 2.48 bits per heavy atom. The second kappa shape index (κ2) is 5.57. The highest BCUT2D eigenvalue weighted by atomic mass is 32.2. The molecule has 1 N–H and O–H groups in total. The minimum Gasteiger partial charge on any atom is -0.371 e. The fourth-order valence-corrected chi connectivity index (χ4v) is 2.16. The van der Waals surface area contributed by atoms with Gasteiger partial charge in [-0.1, -0.05) is 24.3 Å². The van der Waals surface area contributed by atoms with Crippen molar-refractivity contribution in [3.05, 3.63) is 29.8 Å². The van der Waals surface area contributed by atoms with E-state index >= 15 is 0 Å². The van der Waals surface area contributed by atoms with E-state index in [0.29, 0.717) is 12.4 Å². The Kier molecular flexibility index (Phi) is 4.15. The summed E-state index contributed by atoms with van der Waals surface area (Å²) in [6, 6.07) is 7.51. The molecule has 114 valence electrons. The minimum atomic E-state index is -3.40. The van der Waals surface area contributed by atoms with Crippen molar-refractivity contribution in [2.45, 2.75) is 38.1 Å². The van der Waals surface area contributed by atoms with Crippen LogP contribution in [0.25, 0.3) is 11.4 Å². The maximum atomic E-state index is 11.5. The molecule has 0 bridgehead atoms. The molecular formula is C14H19N3O3S. The van der Waals surface area contributed by atoms with Crippen molar-refractivity contribution in [1.29, 1.82) is 0 Å². The monoisotopic (exact) mass is 309 g/mol. The summed E-state index contributed by atoms with van der Waals surface area (Å²) in [6.07, 6.45) is 1.09. The lowest BCUT2D eigenvalue weighted by atomic mass is 10.1. The molecule has 0 saturated carbocycles. The molecule has 0 fully saturated rings. The molecule has 21 heavy (non-hydrogen) atoms. The van der Waals surface area contributed by atoms with Crippen molar-refractivity contribution in [3.63, 3.8) is 0 Å². The minimum absolute atomic E-state index is 0.135. The Bertz CT molecular complexity index is 730. The van der Waals surface area contributed by atoms with E-state index in [1.807, 2.05) is 45.0 Å². The lowest BCUT2D eigenvalue weighted by molar-refractivity contribution is -0.0147. The number of ether oxygens (including phenoxy) is 1. The van der Waals surface area contributed by atoms with Crippen LogP contribution in [0.15, 0.2) is 29.4 Å². The number of nitrogens with zero attached hydrogens (tertiary/aromatic N) is 2. The molecule has 1 aromatic heterocycles. The third-order valence-electron chi connectivity index (χ3n) is 2.74.